The summed E-state index contributed by atoms with van der Waals surface area (Å²) in [6.07, 6.45) is 33.2. The Hall–Kier alpha value is -3.92. The van der Waals surface area contributed by atoms with Gasteiger partial charge in [-0.1, -0.05) is 48.5 Å². The first-order chi connectivity index (χ1) is 32.7. The van der Waals surface area contributed by atoms with Gasteiger partial charge in [0.2, 0.25) is 0 Å². The highest BCUT2D eigenvalue weighted by Crippen LogP contribution is 2.89. The Morgan fingerprint density at radius 3 is 0.750 bits per heavy atom. The largest absolute Gasteiger partial charge is 0.508 e. The van der Waals surface area contributed by atoms with Crippen LogP contribution in [0.4, 0.5) is 0 Å². The molecular weight excluding hydrogens is 833 g/mol. The molecule has 16 atom stereocenters. The molecule has 0 aromatic heterocycles. The highest BCUT2D eigenvalue weighted by Gasteiger charge is 2.80. The van der Waals surface area contributed by atoms with Gasteiger partial charge < -0.3 is 20.4 Å². The summed E-state index contributed by atoms with van der Waals surface area (Å²) in [5.41, 5.74) is 8.63. The Morgan fingerprint density at radius 1 is 0.235 bits per heavy atom. The summed E-state index contributed by atoms with van der Waals surface area (Å²) in [6.45, 7) is 0. The molecule has 0 heterocycles. The van der Waals surface area contributed by atoms with Crippen molar-refractivity contribution < 1.29 is 20.4 Å². The lowest BCUT2D eigenvalue weighted by Crippen LogP contribution is -2.74. The Balaban J connectivity index is 0.884. The zero-order valence-electron chi connectivity index (χ0n) is 40.5. The van der Waals surface area contributed by atoms with Crippen molar-refractivity contribution in [2.45, 2.75) is 176 Å². The molecule has 4 heteroatoms. The smallest absolute Gasteiger partial charge is 0.115 e. The van der Waals surface area contributed by atoms with Crippen LogP contribution in [-0.2, 0) is 21.7 Å². The molecular formula is C64H74O4. The van der Waals surface area contributed by atoms with E-state index < -0.39 is 0 Å². The third-order valence-electron chi connectivity index (χ3n) is 25.6. The average Bonchev–Trinajstić information content (AvgIpc) is 3.28. The van der Waals surface area contributed by atoms with Gasteiger partial charge in [-0.2, -0.15) is 0 Å². The quantitative estimate of drug-likeness (QED) is 0.149. The van der Waals surface area contributed by atoms with E-state index >= 15 is 0 Å². The van der Waals surface area contributed by atoms with E-state index in [2.05, 4.69) is 48.5 Å². The summed E-state index contributed by atoms with van der Waals surface area (Å²) in [7, 11) is 0. The molecule has 4 N–H and O–H groups in total. The van der Waals surface area contributed by atoms with Gasteiger partial charge in [-0.05, 0) is 315 Å². The van der Waals surface area contributed by atoms with Gasteiger partial charge in [0.15, 0.2) is 0 Å². The van der Waals surface area contributed by atoms with Crippen molar-refractivity contribution in [3.8, 4) is 23.0 Å². The van der Waals surface area contributed by atoms with Gasteiger partial charge in [-0.3, -0.25) is 0 Å². The van der Waals surface area contributed by atoms with Gasteiger partial charge in [-0.25, -0.2) is 0 Å². The maximum absolute atomic E-state index is 10.9. The Morgan fingerprint density at radius 2 is 0.456 bits per heavy atom. The van der Waals surface area contributed by atoms with Crippen molar-refractivity contribution in [2.75, 3.05) is 0 Å². The van der Waals surface area contributed by atoms with Crippen LogP contribution in [0.15, 0.2) is 97.1 Å². The summed E-state index contributed by atoms with van der Waals surface area (Å²) < 4.78 is 0. The van der Waals surface area contributed by atoms with Crippen LogP contribution in [0.3, 0.4) is 0 Å². The number of aromatic hydroxyl groups is 4. The SMILES string of the molecule is Oc1ccc(C23C[C@H]4C[C@@H](C2)CC([C@@]25C[C@H]6C[C@@](c7ccc(O)cc7)(C2)C[C@]([C@]27C[C@H]8C[C@](c9ccc(O)cc9)(C[C@](C9%10C[C@@H]%11C[C@@H](CC(c%12ccc(O)cc%12)(C%11)C9)C%10)(C8)C2)C7)(C6)C5)(C4)C3)cc1. The number of phenols is 4. The average molecular weight is 907 g/mol. The first-order valence-electron chi connectivity index (χ1n) is 27.9. The van der Waals surface area contributed by atoms with Gasteiger partial charge in [0.05, 0.1) is 0 Å². The zero-order chi connectivity index (χ0) is 45.4. The number of benzene rings is 4. The van der Waals surface area contributed by atoms with Crippen LogP contribution >= 0.6 is 0 Å². The molecule has 4 aromatic carbocycles. The van der Waals surface area contributed by atoms with Gasteiger partial charge >= 0.3 is 0 Å². The molecule has 0 radical (unpaired) electrons. The summed E-state index contributed by atoms with van der Waals surface area (Å²) in [5, 5.41) is 42.8. The maximum atomic E-state index is 10.9. The van der Waals surface area contributed by atoms with E-state index in [1.54, 1.807) is 0 Å². The van der Waals surface area contributed by atoms with E-state index in [4.69, 9.17) is 0 Å². The minimum absolute atomic E-state index is 0.133. The molecule has 0 amide bonds. The number of hydrogen-bond acceptors (Lipinski definition) is 4. The molecule has 16 saturated carbocycles. The number of rotatable bonds is 7. The fourth-order valence-corrected chi connectivity index (χ4v) is 25.6. The minimum Gasteiger partial charge on any atom is -0.508 e. The van der Waals surface area contributed by atoms with Crippen molar-refractivity contribution >= 4 is 0 Å². The van der Waals surface area contributed by atoms with Crippen LogP contribution in [0.5, 0.6) is 23.0 Å². The van der Waals surface area contributed by atoms with Crippen molar-refractivity contribution in [3.05, 3.63) is 119 Å². The van der Waals surface area contributed by atoms with Gasteiger partial charge in [0, 0.05) is 0 Å². The van der Waals surface area contributed by atoms with E-state index in [1.807, 2.05) is 48.5 Å². The molecule has 0 spiro atoms. The van der Waals surface area contributed by atoms with Gasteiger partial charge in [0.1, 0.15) is 23.0 Å². The molecule has 16 bridgehead atoms. The lowest BCUT2D eigenvalue weighted by molar-refractivity contribution is -0.305. The molecule has 16 aliphatic carbocycles. The molecule has 68 heavy (non-hydrogen) atoms. The van der Waals surface area contributed by atoms with Crippen molar-refractivity contribution in [1.82, 2.24) is 0 Å². The molecule has 4 nitrogen and oxygen atoms in total. The van der Waals surface area contributed by atoms with Crippen molar-refractivity contribution in [3.63, 3.8) is 0 Å². The van der Waals surface area contributed by atoms with E-state index in [0.29, 0.717) is 44.7 Å². The lowest BCUT2D eigenvalue weighted by Gasteiger charge is -2.82. The second-order valence-corrected chi connectivity index (χ2v) is 28.9. The van der Waals surface area contributed by atoms with E-state index in [1.165, 1.54) is 176 Å². The van der Waals surface area contributed by atoms with E-state index in [9.17, 15) is 20.4 Å². The first-order valence-corrected chi connectivity index (χ1v) is 27.9. The molecule has 16 aliphatic rings. The summed E-state index contributed by atoms with van der Waals surface area (Å²) >= 11 is 0. The number of phenolic OH excluding ortho intramolecular Hbond substituents is 4. The van der Waals surface area contributed by atoms with Crippen LogP contribution in [-0.4, -0.2) is 20.4 Å². The lowest BCUT2D eigenvalue weighted by atomic mass is 9.22. The number of hydrogen-bond donors (Lipinski definition) is 4. The molecule has 16 fully saturated rings. The maximum Gasteiger partial charge on any atom is 0.115 e. The highest BCUT2D eigenvalue weighted by atomic mass is 16.3. The molecule has 0 aliphatic heterocycles. The van der Waals surface area contributed by atoms with Gasteiger partial charge in [-0.15, -0.1) is 0 Å². The Bertz CT molecular complexity index is 2520. The normalized spacial score (nSPS) is 50.4. The molecule has 4 aromatic rings. The predicted molar refractivity (Wildman–Crippen MR) is 265 cm³/mol. The zero-order valence-corrected chi connectivity index (χ0v) is 40.5. The molecule has 4 unspecified atom stereocenters. The predicted octanol–water partition coefficient (Wildman–Crippen LogP) is 14.7. The second kappa shape index (κ2) is 12.8. The monoisotopic (exact) mass is 907 g/mol. The second-order valence-electron chi connectivity index (χ2n) is 28.9. The van der Waals surface area contributed by atoms with Crippen molar-refractivity contribution in [2.24, 2.45) is 68.0 Å². The fraction of sp³-hybridized carbons (Fsp3) is 0.625. The molecule has 20 rings (SSSR count). The third kappa shape index (κ3) is 5.10. The summed E-state index contributed by atoms with van der Waals surface area (Å²) in [6, 6.07) is 34.9. The minimum atomic E-state index is 0.133. The van der Waals surface area contributed by atoms with E-state index in [-0.39, 0.29) is 32.5 Å². The summed E-state index contributed by atoms with van der Waals surface area (Å²) in [5.74, 6) is 6.29. The van der Waals surface area contributed by atoms with E-state index in [0.717, 1.165) is 35.5 Å². The van der Waals surface area contributed by atoms with Crippen molar-refractivity contribution in [1.29, 1.82) is 0 Å². The standard InChI is InChI=1S/C64H74O4/c65-51-9-1-47(2-10-51)55-19-41-17-42(20-55)26-59(25-41,33-55)61-29-45-23-57(35-61,49-5-13-53(67)14-6-49)37-63(31-45,39-61)64-32-46-24-58(38-64,50-7-15-54(68)16-8-50)36-62(30-46,40-64)60-27-43-18-44(28-60)22-56(21-43,34-60)48-3-11-52(66)12-4-48/h1-16,41-46,65-68H,17-40H2/t41-,42+,43-,44+,45-,46+,55?,56?,57-,58+,59?,60?,61+,62-,63-,64+. The van der Waals surface area contributed by atoms with Crippen LogP contribution < -0.4 is 0 Å². The van der Waals surface area contributed by atoms with Crippen LogP contribution in [0.25, 0.3) is 0 Å². The fourth-order valence-electron chi connectivity index (χ4n) is 25.6. The third-order valence-corrected chi connectivity index (χ3v) is 25.6. The molecule has 354 valence electrons. The first kappa shape index (κ1) is 40.8. The highest BCUT2D eigenvalue weighted by molar-refractivity contribution is 5.44. The topological polar surface area (TPSA) is 80.9 Å². The Labute approximate surface area is 404 Å². The molecule has 0 saturated heterocycles. The summed E-state index contributed by atoms with van der Waals surface area (Å²) in [4.78, 5) is 0. The van der Waals surface area contributed by atoms with Crippen LogP contribution in [0, 0.1) is 68.0 Å². The van der Waals surface area contributed by atoms with Gasteiger partial charge in [0.25, 0.3) is 0 Å². The van der Waals surface area contributed by atoms with Crippen LogP contribution in [0.2, 0.25) is 0 Å². The Kier molecular flexibility index (Phi) is 7.65. The van der Waals surface area contributed by atoms with Crippen LogP contribution in [0.1, 0.15) is 176 Å².